The number of hydrogen-bond donors (Lipinski definition) is 1. The van der Waals surface area contributed by atoms with E-state index in [4.69, 9.17) is 5.11 Å². The highest BCUT2D eigenvalue weighted by molar-refractivity contribution is 5.02. The predicted octanol–water partition coefficient (Wildman–Crippen LogP) is 3.92. The molecule has 84 valence electrons. The lowest BCUT2D eigenvalue weighted by molar-refractivity contribution is 0.265. The van der Waals surface area contributed by atoms with Gasteiger partial charge in [-0.2, -0.15) is 0 Å². The van der Waals surface area contributed by atoms with E-state index in [1.165, 1.54) is 31.3 Å². The molecule has 0 rings (SSSR count). The van der Waals surface area contributed by atoms with Gasteiger partial charge in [0.05, 0.1) is 0 Å². The molecule has 0 aromatic rings. The molecule has 0 aromatic carbocycles. The zero-order valence-corrected chi connectivity index (χ0v) is 10.1. The fraction of sp³-hybridized carbons (Fsp3) is 0.846. The molecule has 1 N–H and O–H groups in total. The molecule has 1 nitrogen and oxygen atoms in total. The molecule has 0 aliphatic heterocycles. The van der Waals surface area contributed by atoms with Gasteiger partial charge in [0.2, 0.25) is 0 Å². The van der Waals surface area contributed by atoms with E-state index in [1.54, 1.807) is 0 Å². The van der Waals surface area contributed by atoms with Gasteiger partial charge in [0, 0.05) is 6.61 Å². The molecule has 0 bridgehead atoms. The van der Waals surface area contributed by atoms with Crippen LogP contribution in [-0.2, 0) is 0 Å². The molecule has 0 amide bonds. The molecular weight excluding hydrogens is 172 g/mol. The van der Waals surface area contributed by atoms with Crippen LogP contribution >= 0.6 is 0 Å². The maximum Gasteiger partial charge on any atom is 0.0436 e. The van der Waals surface area contributed by atoms with Gasteiger partial charge < -0.3 is 5.11 Å². The van der Waals surface area contributed by atoms with Crippen LogP contribution in [0.3, 0.4) is 0 Å². The van der Waals surface area contributed by atoms with Crippen LogP contribution in [0.25, 0.3) is 0 Å². The van der Waals surface area contributed by atoms with Crippen molar-refractivity contribution in [1.82, 2.24) is 0 Å². The van der Waals surface area contributed by atoms with E-state index in [9.17, 15) is 0 Å². The molecule has 14 heavy (non-hydrogen) atoms. The summed E-state index contributed by atoms with van der Waals surface area (Å²) < 4.78 is 0. The third-order valence-corrected chi connectivity index (χ3v) is 2.89. The van der Waals surface area contributed by atoms with Gasteiger partial charge in [0.25, 0.3) is 0 Å². The zero-order valence-electron chi connectivity index (χ0n) is 10.1. The van der Waals surface area contributed by atoms with Gasteiger partial charge in [0.15, 0.2) is 0 Å². The van der Waals surface area contributed by atoms with E-state index in [2.05, 4.69) is 26.8 Å². The molecule has 0 aliphatic carbocycles. The van der Waals surface area contributed by atoms with Gasteiger partial charge in [-0.05, 0) is 38.5 Å². The largest absolute Gasteiger partial charge is 0.396 e. The fourth-order valence-corrected chi connectivity index (χ4v) is 1.80. The maximum absolute atomic E-state index is 8.90. The maximum atomic E-state index is 8.90. The normalized spacial score (nSPS) is 14.4. The third-order valence-electron chi connectivity index (χ3n) is 2.89. The lowest BCUT2D eigenvalue weighted by Gasteiger charge is -2.14. The molecule has 0 heterocycles. The van der Waals surface area contributed by atoms with Crippen molar-refractivity contribution in [2.75, 3.05) is 6.61 Å². The summed E-state index contributed by atoms with van der Waals surface area (Å²) in [6.07, 6.45) is 9.58. The summed E-state index contributed by atoms with van der Waals surface area (Å²) in [7, 11) is 0. The van der Waals surface area contributed by atoms with Crippen molar-refractivity contribution in [2.24, 2.45) is 5.92 Å². The molecule has 1 atom stereocenters. The third kappa shape index (κ3) is 6.20. The Labute approximate surface area is 89.2 Å². The lowest BCUT2D eigenvalue weighted by Crippen LogP contribution is -2.03. The SMILES string of the molecule is CCCCCC=C(C)C(CC)CCO. The Morgan fingerprint density at radius 1 is 1.29 bits per heavy atom. The Morgan fingerprint density at radius 2 is 2.00 bits per heavy atom. The molecular formula is C13H26O. The minimum absolute atomic E-state index is 0.318. The summed E-state index contributed by atoms with van der Waals surface area (Å²) >= 11 is 0. The van der Waals surface area contributed by atoms with E-state index >= 15 is 0 Å². The second kappa shape index (κ2) is 9.26. The Kier molecular flexibility index (Phi) is 9.06. The molecule has 1 unspecified atom stereocenters. The van der Waals surface area contributed by atoms with E-state index in [0.717, 1.165) is 12.8 Å². The molecule has 0 aromatic heterocycles. The first-order valence-electron chi connectivity index (χ1n) is 6.03. The second-order valence-corrected chi connectivity index (χ2v) is 4.06. The number of allylic oxidation sites excluding steroid dienone is 2. The Hall–Kier alpha value is -0.300. The van der Waals surface area contributed by atoms with Crippen molar-refractivity contribution in [1.29, 1.82) is 0 Å². The first-order valence-corrected chi connectivity index (χ1v) is 6.03. The first-order chi connectivity index (χ1) is 6.76. The Bertz CT molecular complexity index is 149. The summed E-state index contributed by atoms with van der Waals surface area (Å²) in [4.78, 5) is 0. The highest BCUT2D eigenvalue weighted by Crippen LogP contribution is 2.19. The van der Waals surface area contributed by atoms with Crippen LogP contribution in [0.4, 0.5) is 0 Å². The van der Waals surface area contributed by atoms with Gasteiger partial charge >= 0.3 is 0 Å². The van der Waals surface area contributed by atoms with E-state index in [1.807, 2.05) is 0 Å². The van der Waals surface area contributed by atoms with Crippen LogP contribution in [0.1, 0.15) is 59.3 Å². The molecule has 0 fully saturated rings. The highest BCUT2D eigenvalue weighted by Gasteiger charge is 2.06. The van der Waals surface area contributed by atoms with Crippen molar-refractivity contribution in [3.63, 3.8) is 0 Å². The quantitative estimate of drug-likeness (QED) is 0.463. The van der Waals surface area contributed by atoms with Crippen molar-refractivity contribution in [3.8, 4) is 0 Å². The number of rotatable bonds is 8. The summed E-state index contributed by atoms with van der Waals surface area (Å²) in [6, 6.07) is 0. The first kappa shape index (κ1) is 13.7. The standard InChI is InChI=1S/C13H26O/c1-4-6-7-8-9-12(3)13(5-2)10-11-14/h9,13-14H,4-8,10-11H2,1-3H3. The van der Waals surface area contributed by atoms with Crippen molar-refractivity contribution >= 4 is 0 Å². The van der Waals surface area contributed by atoms with Crippen LogP contribution in [0.15, 0.2) is 11.6 Å². The van der Waals surface area contributed by atoms with Crippen LogP contribution in [0.5, 0.6) is 0 Å². The van der Waals surface area contributed by atoms with Crippen molar-refractivity contribution < 1.29 is 5.11 Å². The average molecular weight is 198 g/mol. The number of aliphatic hydroxyl groups excluding tert-OH is 1. The van der Waals surface area contributed by atoms with Crippen LogP contribution < -0.4 is 0 Å². The van der Waals surface area contributed by atoms with Crippen molar-refractivity contribution in [2.45, 2.75) is 59.3 Å². The zero-order chi connectivity index (χ0) is 10.8. The van der Waals surface area contributed by atoms with Gasteiger partial charge in [-0.3, -0.25) is 0 Å². The molecule has 0 radical (unpaired) electrons. The monoisotopic (exact) mass is 198 g/mol. The molecule has 0 aliphatic rings. The van der Waals surface area contributed by atoms with Crippen LogP contribution in [-0.4, -0.2) is 11.7 Å². The van der Waals surface area contributed by atoms with Crippen molar-refractivity contribution in [3.05, 3.63) is 11.6 Å². The van der Waals surface area contributed by atoms with Gasteiger partial charge in [-0.1, -0.05) is 38.3 Å². The number of aliphatic hydroxyl groups is 1. The van der Waals surface area contributed by atoms with Gasteiger partial charge in [-0.15, -0.1) is 0 Å². The number of unbranched alkanes of at least 4 members (excludes halogenated alkanes) is 3. The van der Waals surface area contributed by atoms with Crippen LogP contribution in [0, 0.1) is 5.92 Å². The topological polar surface area (TPSA) is 20.2 Å². The van der Waals surface area contributed by atoms with Gasteiger partial charge in [-0.25, -0.2) is 0 Å². The lowest BCUT2D eigenvalue weighted by atomic mass is 9.93. The predicted molar refractivity (Wildman–Crippen MR) is 63.4 cm³/mol. The van der Waals surface area contributed by atoms with E-state index in [-0.39, 0.29) is 0 Å². The fourth-order valence-electron chi connectivity index (χ4n) is 1.80. The summed E-state index contributed by atoms with van der Waals surface area (Å²) in [6.45, 7) is 6.95. The van der Waals surface area contributed by atoms with E-state index < -0.39 is 0 Å². The molecule has 0 saturated carbocycles. The minimum Gasteiger partial charge on any atom is -0.396 e. The van der Waals surface area contributed by atoms with E-state index in [0.29, 0.717) is 12.5 Å². The molecule has 1 heteroatoms. The Morgan fingerprint density at radius 3 is 2.50 bits per heavy atom. The smallest absolute Gasteiger partial charge is 0.0436 e. The highest BCUT2D eigenvalue weighted by atomic mass is 16.3. The minimum atomic E-state index is 0.318. The summed E-state index contributed by atoms with van der Waals surface area (Å²) in [5, 5.41) is 8.90. The number of hydrogen-bond acceptors (Lipinski definition) is 1. The molecule has 0 spiro atoms. The molecule has 0 saturated heterocycles. The Balaban J connectivity index is 3.80. The van der Waals surface area contributed by atoms with Crippen LogP contribution in [0.2, 0.25) is 0 Å². The second-order valence-electron chi connectivity index (χ2n) is 4.06. The summed E-state index contributed by atoms with van der Waals surface area (Å²) in [5.41, 5.74) is 1.47. The van der Waals surface area contributed by atoms with Gasteiger partial charge in [0.1, 0.15) is 0 Å². The summed E-state index contributed by atoms with van der Waals surface area (Å²) in [5.74, 6) is 0.599. The average Bonchev–Trinajstić information content (AvgIpc) is 2.20.